The third-order valence-corrected chi connectivity index (χ3v) is 5.39. The summed E-state index contributed by atoms with van der Waals surface area (Å²) in [4.78, 5) is 23.6. The predicted molar refractivity (Wildman–Crippen MR) is 103 cm³/mol. The quantitative estimate of drug-likeness (QED) is 0.766. The van der Waals surface area contributed by atoms with Crippen molar-refractivity contribution in [3.63, 3.8) is 0 Å². The van der Waals surface area contributed by atoms with Crippen LogP contribution in [0.1, 0.15) is 44.5 Å². The van der Waals surface area contributed by atoms with Crippen molar-refractivity contribution in [1.82, 2.24) is 19.4 Å². The Morgan fingerprint density at radius 3 is 2.89 bits per heavy atom. The van der Waals surface area contributed by atoms with Crippen LogP contribution in [0.25, 0.3) is 11.2 Å². The highest BCUT2D eigenvalue weighted by molar-refractivity contribution is 5.76. The summed E-state index contributed by atoms with van der Waals surface area (Å²) in [6.07, 6.45) is 5.62. The molecule has 0 aromatic carbocycles. The van der Waals surface area contributed by atoms with Gasteiger partial charge in [-0.25, -0.2) is 9.97 Å². The van der Waals surface area contributed by atoms with Gasteiger partial charge in [0.15, 0.2) is 5.65 Å². The van der Waals surface area contributed by atoms with Crippen LogP contribution in [-0.2, 0) is 16.0 Å². The van der Waals surface area contributed by atoms with Crippen LogP contribution in [-0.4, -0.2) is 63.9 Å². The number of hydrogen-bond acceptors (Lipinski definition) is 5. The maximum absolute atomic E-state index is 12.5. The van der Waals surface area contributed by atoms with Gasteiger partial charge in [0.05, 0.1) is 12.6 Å². The standard InChI is InChI=1S/C20H30N4O3/c1-15(14-27-2)24-18(22-17-5-4-10-21-20(17)24)6-3-7-19(26)23-11-8-16(13-25)9-12-23/h4-5,10,15-16,25H,3,6-9,11-14H2,1-2H3. The van der Waals surface area contributed by atoms with Gasteiger partial charge in [-0.1, -0.05) is 0 Å². The Balaban J connectivity index is 1.61. The van der Waals surface area contributed by atoms with Crippen LogP contribution in [0.2, 0.25) is 0 Å². The first kappa shape index (κ1) is 19.8. The molecule has 1 amide bonds. The molecule has 2 aromatic rings. The summed E-state index contributed by atoms with van der Waals surface area (Å²) >= 11 is 0. The second kappa shape index (κ2) is 9.28. The van der Waals surface area contributed by atoms with E-state index in [1.807, 2.05) is 17.0 Å². The molecule has 1 N–H and O–H groups in total. The van der Waals surface area contributed by atoms with E-state index in [9.17, 15) is 9.90 Å². The third kappa shape index (κ3) is 4.65. The monoisotopic (exact) mass is 374 g/mol. The Labute approximate surface area is 160 Å². The van der Waals surface area contributed by atoms with E-state index in [1.165, 1.54) is 0 Å². The van der Waals surface area contributed by atoms with Gasteiger partial charge in [0.1, 0.15) is 11.3 Å². The van der Waals surface area contributed by atoms with Gasteiger partial charge in [-0.05, 0) is 44.2 Å². The van der Waals surface area contributed by atoms with Crippen molar-refractivity contribution in [3.05, 3.63) is 24.2 Å². The van der Waals surface area contributed by atoms with Crippen LogP contribution in [0, 0.1) is 5.92 Å². The average Bonchev–Trinajstić information content (AvgIpc) is 3.06. The van der Waals surface area contributed by atoms with Crippen LogP contribution >= 0.6 is 0 Å². The molecule has 1 saturated heterocycles. The molecule has 1 fully saturated rings. The summed E-state index contributed by atoms with van der Waals surface area (Å²) in [7, 11) is 1.70. The first-order valence-corrected chi connectivity index (χ1v) is 9.83. The smallest absolute Gasteiger partial charge is 0.222 e. The lowest BCUT2D eigenvalue weighted by molar-refractivity contribution is -0.132. The van der Waals surface area contributed by atoms with E-state index in [0.717, 1.165) is 55.8 Å². The maximum Gasteiger partial charge on any atom is 0.222 e. The molecule has 7 heteroatoms. The molecule has 0 bridgehead atoms. The normalized spacial score (nSPS) is 16.8. The molecule has 0 aliphatic carbocycles. The summed E-state index contributed by atoms with van der Waals surface area (Å²) in [6.45, 7) is 4.44. The molecule has 1 aliphatic rings. The number of carbonyl (C=O) groups excluding carboxylic acids is 1. The largest absolute Gasteiger partial charge is 0.396 e. The highest BCUT2D eigenvalue weighted by atomic mass is 16.5. The van der Waals surface area contributed by atoms with Gasteiger partial charge in [-0.2, -0.15) is 0 Å². The molecule has 0 spiro atoms. The number of likely N-dealkylation sites (tertiary alicyclic amines) is 1. The van der Waals surface area contributed by atoms with E-state index < -0.39 is 0 Å². The number of nitrogens with zero attached hydrogens (tertiary/aromatic N) is 4. The molecule has 0 radical (unpaired) electrons. The van der Waals surface area contributed by atoms with Crippen LogP contribution in [0.5, 0.6) is 0 Å². The number of hydrogen-bond donors (Lipinski definition) is 1. The van der Waals surface area contributed by atoms with Gasteiger partial charge in [0.25, 0.3) is 0 Å². The van der Waals surface area contributed by atoms with E-state index in [-0.39, 0.29) is 18.6 Å². The summed E-state index contributed by atoms with van der Waals surface area (Å²) in [6, 6.07) is 4.00. The van der Waals surface area contributed by atoms with Crippen LogP contribution in [0.4, 0.5) is 0 Å². The number of amides is 1. The second-order valence-corrected chi connectivity index (χ2v) is 7.41. The third-order valence-electron chi connectivity index (χ3n) is 5.39. The number of aromatic nitrogens is 3. The summed E-state index contributed by atoms with van der Waals surface area (Å²) in [5.74, 6) is 1.51. The number of ether oxygens (including phenoxy) is 1. The summed E-state index contributed by atoms with van der Waals surface area (Å²) < 4.78 is 7.45. The molecule has 27 heavy (non-hydrogen) atoms. The van der Waals surface area contributed by atoms with E-state index >= 15 is 0 Å². The number of aliphatic hydroxyl groups is 1. The minimum Gasteiger partial charge on any atom is -0.396 e. The fraction of sp³-hybridized carbons (Fsp3) is 0.650. The second-order valence-electron chi connectivity index (χ2n) is 7.41. The molecule has 1 atom stereocenters. The van der Waals surface area contributed by atoms with Crippen LogP contribution in [0.15, 0.2) is 18.3 Å². The van der Waals surface area contributed by atoms with Crippen molar-refractivity contribution >= 4 is 17.1 Å². The Hall–Kier alpha value is -1.99. The lowest BCUT2D eigenvalue weighted by Gasteiger charge is -2.31. The Morgan fingerprint density at radius 1 is 1.41 bits per heavy atom. The SMILES string of the molecule is COCC(C)n1c(CCCC(=O)N2CCC(CO)CC2)nc2cccnc21. The Morgan fingerprint density at radius 2 is 2.19 bits per heavy atom. The van der Waals surface area contributed by atoms with Crippen molar-refractivity contribution in [2.45, 2.75) is 45.1 Å². The molecule has 1 aliphatic heterocycles. The zero-order chi connectivity index (χ0) is 19.2. The minimum absolute atomic E-state index is 0.137. The molecular weight excluding hydrogens is 344 g/mol. The number of rotatable bonds is 8. The lowest BCUT2D eigenvalue weighted by Crippen LogP contribution is -2.39. The lowest BCUT2D eigenvalue weighted by atomic mass is 9.97. The van der Waals surface area contributed by atoms with Crippen molar-refractivity contribution in [2.24, 2.45) is 5.92 Å². The predicted octanol–water partition coefficient (Wildman–Crippen LogP) is 2.19. The first-order valence-electron chi connectivity index (χ1n) is 9.83. The van der Waals surface area contributed by atoms with E-state index in [0.29, 0.717) is 18.9 Å². The summed E-state index contributed by atoms with van der Waals surface area (Å²) in [5, 5.41) is 9.23. The Bertz CT molecular complexity index is 753. The van der Waals surface area contributed by atoms with Gasteiger partial charge >= 0.3 is 0 Å². The van der Waals surface area contributed by atoms with Gasteiger partial charge in [-0.15, -0.1) is 0 Å². The molecule has 3 heterocycles. The first-order chi connectivity index (χ1) is 13.1. The number of piperidine rings is 1. The molecule has 2 aromatic heterocycles. The highest BCUT2D eigenvalue weighted by Gasteiger charge is 2.22. The van der Waals surface area contributed by atoms with Gasteiger partial charge in [-0.3, -0.25) is 4.79 Å². The molecular formula is C20H30N4O3. The number of fused-ring (bicyclic) bond motifs is 1. The molecule has 148 valence electrons. The number of imidazole rings is 1. The van der Waals surface area contributed by atoms with Crippen LogP contribution in [0.3, 0.4) is 0 Å². The fourth-order valence-electron chi connectivity index (χ4n) is 3.85. The zero-order valence-corrected chi connectivity index (χ0v) is 16.3. The van der Waals surface area contributed by atoms with Crippen LogP contribution < -0.4 is 0 Å². The topological polar surface area (TPSA) is 80.5 Å². The molecule has 0 saturated carbocycles. The average molecular weight is 374 g/mol. The van der Waals surface area contributed by atoms with E-state index in [4.69, 9.17) is 9.72 Å². The van der Waals surface area contributed by atoms with E-state index in [2.05, 4.69) is 16.5 Å². The number of methoxy groups -OCH3 is 1. The zero-order valence-electron chi connectivity index (χ0n) is 16.3. The fourth-order valence-corrected chi connectivity index (χ4v) is 3.85. The molecule has 7 nitrogen and oxygen atoms in total. The van der Waals surface area contributed by atoms with Gasteiger partial charge < -0.3 is 19.3 Å². The number of aryl methyl sites for hydroxylation is 1. The minimum atomic E-state index is 0.137. The Kier molecular flexibility index (Phi) is 6.79. The van der Waals surface area contributed by atoms with E-state index in [1.54, 1.807) is 13.3 Å². The van der Waals surface area contributed by atoms with Gasteiger partial charge in [0.2, 0.25) is 5.91 Å². The molecule has 1 unspecified atom stereocenters. The highest BCUT2D eigenvalue weighted by Crippen LogP contribution is 2.22. The maximum atomic E-state index is 12.5. The van der Waals surface area contributed by atoms with Gasteiger partial charge in [0, 0.05) is 45.8 Å². The van der Waals surface area contributed by atoms with Crippen molar-refractivity contribution in [3.8, 4) is 0 Å². The van der Waals surface area contributed by atoms with Crippen molar-refractivity contribution in [2.75, 3.05) is 33.4 Å². The van der Waals surface area contributed by atoms with Crippen molar-refractivity contribution in [1.29, 1.82) is 0 Å². The number of aliphatic hydroxyl groups excluding tert-OH is 1. The number of pyridine rings is 1. The van der Waals surface area contributed by atoms with Crippen molar-refractivity contribution < 1.29 is 14.6 Å². The summed E-state index contributed by atoms with van der Waals surface area (Å²) in [5.41, 5.74) is 1.75. The number of carbonyl (C=O) groups is 1. The molecule has 3 rings (SSSR count).